The molecule has 0 unspecified atom stereocenters. The van der Waals surface area contributed by atoms with E-state index in [4.69, 9.17) is 16.6 Å². The predicted molar refractivity (Wildman–Crippen MR) is 46.9 cm³/mol. The molecule has 0 aromatic carbocycles. The largest absolute Gasteiger partial charge is 0.481 e. The van der Waals surface area contributed by atoms with E-state index in [-0.39, 0.29) is 19.5 Å². The number of carboxylic acids is 1. The van der Waals surface area contributed by atoms with Crippen LogP contribution in [-0.4, -0.2) is 35.6 Å². The Kier molecular flexibility index (Phi) is 4.36. The normalized spacial score (nSPS) is 14.7. The minimum Gasteiger partial charge on any atom is -0.481 e. The Hall–Kier alpha value is -1.14. The van der Waals surface area contributed by atoms with Crippen LogP contribution in [0.15, 0.2) is 0 Å². The van der Waals surface area contributed by atoms with Gasteiger partial charge in [0.25, 0.3) is 0 Å². The van der Waals surface area contributed by atoms with Gasteiger partial charge in [0.1, 0.15) is 5.54 Å². The van der Waals surface area contributed by atoms with Crippen molar-refractivity contribution >= 4 is 11.9 Å². The lowest BCUT2D eigenvalue weighted by Gasteiger charge is -2.20. The third kappa shape index (κ3) is 4.44. The molecule has 0 radical (unpaired) electrons. The molecule has 0 rings (SSSR count). The molecule has 0 aliphatic rings. The minimum absolute atomic E-state index is 0.0197. The Bertz CT molecular complexity index is 203. The Morgan fingerprint density at radius 2 is 2.08 bits per heavy atom. The van der Waals surface area contributed by atoms with Gasteiger partial charge in [-0.1, -0.05) is 0 Å². The average Bonchev–Trinajstić information content (AvgIpc) is 2.03. The maximum Gasteiger partial charge on any atom is 0.305 e. The Morgan fingerprint density at radius 1 is 1.54 bits per heavy atom. The lowest BCUT2D eigenvalue weighted by Crippen LogP contribution is -2.56. The van der Waals surface area contributed by atoms with E-state index < -0.39 is 17.4 Å². The van der Waals surface area contributed by atoms with Crippen molar-refractivity contribution in [1.82, 2.24) is 5.32 Å². The van der Waals surface area contributed by atoms with E-state index >= 15 is 0 Å². The third-order valence-corrected chi connectivity index (χ3v) is 1.57. The zero-order valence-corrected chi connectivity index (χ0v) is 7.54. The molecule has 0 saturated carbocycles. The van der Waals surface area contributed by atoms with Crippen molar-refractivity contribution in [2.75, 3.05) is 13.1 Å². The number of hydrogen-bond donors (Lipinski definition) is 4. The summed E-state index contributed by atoms with van der Waals surface area (Å²) in [5, 5.41) is 10.7. The second-order valence-electron chi connectivity index (χ2n) is 3.02. The van der Waals surface area contributed by atoms with Crippen molar-refractivity contribution in [1.29, 1.82) is 0 Å². The molecule has 6 heteroatoms. The lowest BCUT2D eigenvalue weighted by atomic mass is 10.0. The van der Waals surface area contributed by atoms with Crippen LogP contribution in [0.1, 0.15) is 13.3 Å². The molecule has 6 nitrogen and oxygen atoms in total. The van der Waals surface area contributed by atoms with E-state index in [0.717, 1.165) is 0 Å². The smallest absolute Gasteiger partial charge is 0.305 e. The van der Waals surface area contributed by atoms with Gasteiger partial charge in [-0.25, -0.2) is 0 Å². The highest BCUT2D eigenvalue weighted by Crippen LogP contribution is 1.94. The second-order valence-corrected chi connectivity index (χ2v) is 3.02. The maximum absolute atomic E-state index is 11.2. The summed E-state index contributed by atoms with van der Waals surface area (Å²) in [5.41, 5.74) is 9.60. The van der Waals surface area contributed by atoms with Crippen LogP contribution in [0.5, 0.6) is 0 Å². The minimum atomic E-state index is -1.13. The molecule has 0 saturated heterocycles. The summed E-state index contributed by atoms with van der Waals surface area (Å²) in [6.45, 7) is 1.58. The third-order valence-electron chi connectivity index (χ3n) is 1.57. The number of nitrogens with one attached hydrogen (secondary N) is 1. The SMILES string of the molecule is C[C@](N)(CN)C(=O)NCCC(=O)O. The van der Waals surface area contributed by atoms with Crippen molar-refractivity contribution in [3.63, 3.8) is 0 Å². The molecule has 1 atom stereocenters. The number of hydrogen-bond acceptors (Lipinski definition) is 4. The molecule has 0 fully saturated rings. The molecular weight excluding hydrogens is 174 g/mol. The maximum atomic E-state index is 11.2. The van der Waals surface area contributed by atoms with Crippen LogP contribution in [0.2, 0.25) is 0 Å². The van der Waals surface area contributed by atoms with Gasteiger partial charge in [-0.05, 0) is 6.92 Å². The van der Waals surface area contributed by atoms with Gasteiger partial charge in [-0.2, -0.15) is 0 Å². The van der Waals surface area contributed by atoms with Crippen molar-refractivity contribution < 1.29 is 14.7 Å². The number of amides is 1. The fourth-order valence-electron chi connectivity index (χ4n) is 0.578. The van der Waals surface area contributed by atoms with Crippen molar-refractivity contribution in [3.8, 4) is 0 Å². The number of rotatable bonds is 5. The zero-order valence-electron chi connectivity index (χ0n) is 7.54. The Morgan fingerprint density at radius 3 is 2.46 bits per heavy atom. The summed E-state index contributed by atoms with van der Waals surface area (Å²) in [7, 11) is 0. The molecular formula is C7H15N3O3. The number of carbonyl (C=O) groups excluding carboxylic acids is 1. The van der Waals surface area contributed by atoms with Gasteiger partial charge in [0.05, 0.1) is 6.42 Å². The molecule has 76 valence electrons. The van der Waals surface area contributed by atoms with Crippen LogP contribution in [0, 0.1) is 0 Å². The highest BCUT2D eigenvalue weighted by atomic mass is 16.4. The van der Waals surface area contributed by atoms with E-state index in [1.807, 2.05) is 0 Å². The van der Waals surface area contributed by atoms with Crippen LogP contribution < -0.4 is 16.8 Å². The molecule has 0 spiro atoms. The molecule has 0 aromatic heterocycles. The van der Waals surface area contributed by atoms with Crippen LogP contribution in [0.4, 0.5) is 0 Å². The molecule has 0 aliphatic carbocycles. The first-order chi connectivity index (χ1) is 5.90. The predicted octanol–water partition coefficient (Wildman–Crippen LogP) is -1.75. The monoisotopic (exact) mass is 189 g/mol. The first-order valence-corrected chi connectivity index (χ1v) is 3.89. The molecule has 1 amide bonds. The number of carboxylic acid groups (broad SMARTS) is 1. The first kappa shape index (κ1) is 11.9. The van der Waals surface area contributed by atoms with Crippen molar-refractivity contribution in [2.45, 2.75) is 18.9 Å². The van der Waals surface area contributed by atoms with Gasteiger partial charge in [0.15, 0.2) is 0 Å². The molecule has 0 heterocycles. The average molecular weight is 189 g/mol. The molecule has 13 heavy (non-hydrogen) atoms. The van der Waals surface area contributed by atoms with E-state index in [9.17, 15) is 9.59 Å². The van der Waals surface area contributed by atoms with Crippen molar-refractivity contribution in [3.05, 3.63) is 0 Å². The van der Waals surface area contributed by atoms with E-state index in [2.05, 4.69) is 5.32 Å². The summed E-state index contributed by atoms with van der Waals surface area (Å²) in [6, 6.07) is 0. The topological polar surface area (TPSA) is 118 Å². The molecule has 0 aromatic rings. The first-order valence-electron chi connectivity index (χ1n) is 3.89. The van der Waals surface area contributed by atoms with Gasteiger partial charge in [0, 0.05) is 13.1 Å². The zero-order chi connectivity index (χ0) is 10.5. The number of nitrogens with two attached hydrogens (primary N) is 2. The molecule has 0 bridgehead atoms. The summed E-state index contributed by atoms with van der Waals surface area (Å²) in [6.07, 6.45) is -0.119. The van der Waals surface area contributed by atoms with Gasteiger partial charge in [-0.15, -0.1) is 0 Å². The van der Waals surface area contributed by atoms with Gasteiger partial charge in [0.2, 0.25) is 5.91 Å². The quantitative estimate of drug-likeness (QED) is 0.409. The van der Waals surface area contributed by atoms with Gasteiger partial charge in [-0.3, -0.25) is 9.59 Å². The standard InChI is InChI=1S/C7H15N3O3/c1-7(9,4-8)6(13)10-3-2-5(11)12/h2-4,8-9H2,1H3,(H,10,13)(H,11,12)/t7-/m0/s1. The fourth-order valence-corrected chi connectivity index (χ4v) is 0.578. The Labute approximate surface area is 76.3 Å². The summed E-state index contributed by atoms with van der Waals surface area (Å²) < 4.78 is 0. The summed E-state index contributed by atoms with van der Waals surface area (Å²) in [5.74, 6) is -1.40. The van der Waals surface area contributed by atoms with Gasteiger partial charge < -0.3 is 21.9 Å². The molecule has 0 aliphatic heterocycles. The number of aliphatic carboxylic acids is 1. The van der Waals surface area contributed by atoms with E-state index in [0.29, 0.717) is 0 Å². The highest BCUT2D eigenvalue weighted by Gasteiger charge is 2.25. The molecule has 6 N–H and O–H groups in total. The highest BCUT2D eigenvalue weighted by molar-refractivity contribution is 5.86. The summed E-state index contributed by atoms with van der Waals surface area (Å²) >= 11 is 0. The van der Waals surface area contributed by atoms with Crippen LogP contribution in [0.3, 0.4) is 0 Å². The van der Waals surface area contributed by atoms with Gasteiger partial charge >= 0.3 is 5.97 Å². The van der Waals surface area contributed by atoms with Crippen LogP contribution >= 0.6 is 0 Å². The van der Waals surface area contributed by atoms with E-state index in [1.165, 1.54) is 6.92 Å². The Balaban J connectivity index is 3.81. The van der Waals surface area contributed by atoms with Crippen LogP contribution in [0.25, 0.3) is 0 Å². The van der Waals surface area contributed by atoms with Crippen LogP contribution in [-0.2, 0) is 9.59 Å². The summed E-state index contributed by atoms with van der Waals surface area (Å²) in [4.78, 5) is 21.3. The lowest BCUT2D eigenvalue weighted by molar-refractivity contribution is -0.137. The fraction of sp³-hybridized carbons (Fsp3) is 0.714. The second kappa shape index (κ2) is 4.78. The number of carbonyl (C=O) groups is 2. The van der Waals surface area contributed by atoms with E-state index in [1.54, 1.807) is 0 Å². The van der Waals surface area contributed by atoms with Crippen molar-refractivity contribution in [2.24, 2.45) is 11.5 Å².